The third-order valence-electron chi connectivity index (χ3n) is 3.32. The quantitative estimate of drug-likeness (QED) is 0.780. The number of hydrogen-bond donors (Lipinski definition) is 0. The lowest BCUT2D eigenvalue weighted by molar-refractivity contribution is 0.112. The highest BCUT2D eigenvalue weighted by Gasteiger charge is 2.12. The number of aryl methyl sites for hydroxylation is 1. The van der Waals surface area contributed by atoms with Crippen molar-refractivity contribution in [1.82, 2.24) is 0 Å². The van der Waals surface area contributed by atoms with Gasteiger partial charge in [0.05, 0.1) is 12.7 Å². The van der Waals surface area contributed by atoms with Crippen LogP contribution in [-0.2, 0) is 0 Å². The Labute approximate surface area is 111 Å². The molecule has 0 fully saturated rings. The maximum absolute atomic E-state index is 13.7. The van der Waals surface area contributed by atoms with Crippen molar-refractivity contribution in [1.29, 1.82) is 0 Å². The molecule has 2 rings (SSSR count). The predicted molar refractivity (Wildman–Crippen MR) is 73.2 cm³/mol. The summed E-state index contributed by atoms with van der Waals surface area (Å²) >= 11 is 0. The third kappa shape index (κ3) is 2.36. The molecular weight excluding hydrogens is 243 g/mol. The van der Waals surface area contributed by atoms with E-state index in [1.54, 1.807) is 13.2 Å². The molecule has 0 atom stereocenters. The van der Waals surface area contributed by atoms with Crippen molar-refractivity contribution in [2.24, 2.45) is 0 Å². The van der Waals surface area contributed by atoms with E-state index in [2.05, 4.69) is 0 Å². The summed E-state index contributed by atoms with van der Waals surface area (Å²) in [7, 11) is 1.60. The van der Waals surface area contributed by atoms with Gasteiger partial charge in [-0.2, -0.15) is 0 Å². The molecule has 0 amide bonds. The van der Waals surface area contributed by atoms with Gasteiger partial charge in [0.2, 0.25) is 0 Å². The van der Waals surface area contributed by atoms with Crippen molar-refractivity contribution >= 4 is 6.29 Å². The van der Waals surface area contributed by atoms with Crippen LogP contribution in [0.5, 0.6) is 5.75 Å². The van der Waals surface area contributed by atoms with Crippen LogP contribution in [0.4, 0.5) is 4.39 Å². The molecule has 0 aliphatic heterocycles. The van der Waals surface area contributed by atoms with Crippen molar-refractivity contribution in [3.05, 3.63) is 52.8 Å². The fourth-order valence-electron chi connectivity index (χ4n) is 2.07. The number of hydrogen-bond acceptors (Lipinski definition) is 2. The molecule has 0 saturated heterocycles. The highest BCUT2D eigenvalue weighted by atomic mass is 19.1. The van der Waals surface area contributed by atoms with Gasteiger partial charge in [-0.25, -0.2) is 4.39 Å². The molecule has 0 spiro atoms. The summed E-state index contributed by atoms with van der Waals surface area (Å²) in [6.07, 6.45) is 0.511. The Bertz CT molecular complexity index is 633. The van der Waals surface area contributed by atoms with Crippen molar-refractivity contribution in [3.63, 3.8) is 0 Å². The molecule has 0 saturated carbocycles. The smallest absolute Gasteiger partial charge is 0.152 e. The Hall–Kier alpha value is -2.16. The average molecular weight is 258 g/mol. The largest absolute Gasteiger partial charge is 0.496 e. The Morgan fingerprint density at radius 1 is 1.16 bits per heavy atom. The molecule has 0 bridgehead atoms. The van der Waals surface area contributed by atoms with Gasteiger partial charge in [0.15, 0.2) is 6.29 Å². The molecule has 19 heavy (non-hydrogen) atoms. The van der Waals surface area contributed by atoms with Crippen LogP contribution >= 0.6 is 0 Å². The molecule has 0 heterocycles. The first-order chi connectivity index (χ1) is 9.08. The number of halogens is 1. The van der Waals surface area contributed by atoms with Gasteiger partial charge in [-0.3, -0.25) is 4.79 Å². The van der Waals surface area contributed by atoms with Crippen LogP contribution in [0.15, 0.2) is 30.3 Å². The second-order valence-corrected chi connectivity index (χ2v) is 4.44. The normalized spacial score (nSPS) is 10.3. The highest BCUT2D eigenvalue weighted by molar-refractivity contribution is 5.79. The second-order valence-electron chi connectivity index (χ2n) is 4.44. The van der Waals surface area contributed by atoms with Gasteiger partial charge in [-0.15, -0.1) is 0 Å². The molecule has 2 aromatic carbocycles. The number of carbonyl (C=O) groups excluding carboxylic acids is 1. The Morgan fingerprint density at radius 2 is 1.89 bits per heavy atom. The second kappa shape index (κ2) is 5.22. The standard InChI is InChI=1S/C16H15FO2/c1-10-4-7-14(16(19-3)11(10)2)12-5-6-13(9-18)15(17)8-12/h4-9H,1-3H3. The van der Waals surface area contributed by atoms with E-state index < -0.39 is 5.82 Å². The minimum Gasteiger partial charge on any atom is -0.496 e. The van der Waals surface area contributed by atoms with E-state index in [0.29, 0.717) is 11.8 Å². The highest BCUT2D eigenvalue weighted by Crippen LogP contribution is 2.34. The van der Waals surface area contributed by atoms with Crippen LogP contribution in [-0.4, -0.2) is 13.4 Å². The maximum atomic E-state index is 13.7. The van der Waals surface area contributed by atoms with Crippen LogP contribution in [0.3, 0.4) is 0 Å². The van der Waals surface area contributed by atoms with Gasteiger partial charge in [0.25, 0.3) is 0 Å². The zero-order valence-corrected chi connectivity index (χ0v) is 11.2. The zero-order chi connectivity index (χ0) is 14.0. The van der Waals surface area contributed by atoms with E-state index in [1.165, 1.54) is 12.1 Å². The minimum absolute atomic E-state index is 0.0616. The average Bonchev–Trinajstić information content (AvgIpc) is 2.41. The summed E-state index contributed by atoms with van der Waals surface area (Å²) in [5, 5.41) is 0. The van der Waals surface area contributed by atoms with Gasteiger partial charge in [-0.1, -0.05) is 18.2 Å². The van der Waals surface area contributed by atoms with E-state index in [4.69, 9.17) is 4.74 Å². The topological polar surface area (TPSA) is 26.3 Å². The first-order valence-electron chi connectivity index (χ1n) is 5.97. The molecule has 0 radical (unpaired) electrons. The Morgan fingerprint density at radius 3 is 2.47 bits per heavy atom. The van der Waals surface area contributed by atoms with Crippen molar-refractivity contribution in [3.8, 4) is 16.9 Å². The van der Waals surface area contributed by atoms with E-state index >= 15 is 0 Å². The first kappa shape index (κ1) is 13.3. The SMILES string of the molecule is COc1c(-c2ccc(C=O)c(F)c2)ccc(C)c1C. The molecule has 3 heteroatoms. The number of benzene rings is 2. The number of carbonyl (C=O) groups is 1. The fraction of sp³-hybridized carbons (Fsp3) is 0.188. The van der Waals surface area contributed by atoms with E-state index in [9.17, 15) is 9.18 Å². The number of rotatable bonds is 3. The summed E-state index contributed by atoms with van der Waals surface area (Å²) in [4.78, 5) is 10.6. The molecular formula is C16H15FO2. The molecule has 0 unspecified atom stereocenters. The third-order valence-corrected chi connectivity index (χ3v) is 3.32. The lowest BCUT2D eigenvalue weighted by Gasteiger charge is -2.14. The maximum Gasteiger partial charge on any atom is 0.152 e. The minimum atomic E-state index is -0.521. The van der Waals surface area contributed by atoms with Crippen molar-refractivity contribution < 1.29 is 13.9 Å². The van der Waals surface area contributed by atoms with Crippen LogP contribution in [0.1, 0.15) is 21.5 Å². The summed E-state index contributed by atoms with van der Waals surface area (Å²) < 4.78 is 19.1. The van der Waals surface area contributed by atoms with Gasteiger partial charge >= 0.3 is 0 Å². The molecule has 98 valence electrons. The molecule has 0 aliphatic rings. The van der Waals surface area contributed by atoms with Crippen LogP contribution in [0.25, 0.3) is 11.1 Å². The predicted octanol–water partition coefficient (Wildman–Crippen LogP) is 3.93. The van der Waals surface area contributed by atoms with Crippen LogP contribution < -0.4 is 4.74 Å². The van der Waals surface area contributed by atoms with Crippen molar-refractivity contribution in [2.45, 2.75) is 13.8 Å². The summed E-state index contributed by atoms with van der Waals surface area (Å²) in [6.45, 7) is 3.96. The van der Waals surface area contributed by atoms with Gasteiger partial charge in [-0.05, 0) is 42.7 Å². The van der Waals surface area contributed by atoms with Gasteiger partial charge < -0.3 is 4.74 Å². The number of ether oxygens (including phenoxy) is 1. The molecule has 0 aromatic heterocycles. The number of aldehydes is 1. The van der Waals surface area contributed by atoms with Crippen molar-refractivity contribution in [2.75, 3.05) is 7.11 Å². The lowest BCUT2D eigenvalue weighted by atomic mass is 9.98. The zero-order valence-electron chi connectivity index (χ0n) is 11.2. The summed E-state index contributed by atoms with van der Waals surface area (Å²) in [5.74, 6) is 0.214. The molecule has 2 nitrogen and oxygen atoms in total. The Kier molecular flexibility index (Phi) is 3.65. The lowest BCUT2D eigenvalue weighted by Crippen LogP contribution is -1.95. The van der Waals surface area contributed by atoms with Gasteiger partial charge in [0, 0.05) is 5.56 Å². The Balaban J connectivity index is 2.62. The van der Waals surface area contributed by atoms with E-state index in [1.807, 2.05) is 26.0 Å². The van der Waals surface area contributed by atoms with E-state index in [-0.39, 0.29) is 5.56 Å². The molecule has 0 aliphatic carbocycles. The number of methoxy groups -OCH3 is 1. The molecule has 0 N–H and O–H groups in total. The van der Waals surface area contributed by atoms with Crippen LogP contribution in [0, 0.1) is 19.7 Å². The monoisotopic (exact) mass is 258 g/mol. The summed E-state index contributed by atoms with van der Waals surface area (Å²) in [6, 6.07) is 8.43. The fourth-order valence-corrected chi connectivity index (χ4v) is 2.07. The summed E-state index contributed by atoms with van der Waals surface area (Å²) in [5.41, 5.74) is 3.72. The van der Waals surface area contributed by atoms with E-state index in [0.717, 1.165) is 22.4 Å². The first-order valence-corrected chi connectivity index (χ1v) is 5.97. The van der Waals surface area contributed by atoms with Gasteiger partial charge in [0.1, 0.15) is 11.6 Å². The molecule has 2 aromatic rings. The van der Waals surface area contributed by atoms with Crippen LogP contribution in [0.2, 0.25) is 0 Å².